The van der Waals surface area contributed by atoms with E-state index in [0.29, 0.717) is 18.3 Å². The van der Waals surface area contributed by atoms with Crippen molar-refractivity contribution in [2.75, 3.05) is 7.05 Å². The summed E-state index contributed by atoms with van der Waals surface area (Å²) in [7, 11) is 1.74. The summed E-state index contributed by atoms with van der Waals surface area (Å²) in [5.41, 5.74) is 0.913. The second kappa shape index (κ2) is 4.20. The Bertz CT molecular complexity index is 424. The van der Waals surface area contributed by atoms with Crippen molar-refractivity contribution in [3.8, 4) is 11.5 Å². The number of nitrogens with zero attached hydrogens (tertiary/aromatic N) is 3. The van der Waals surface area contributed by atoms with Crippen LogP contribution in [0.15, 0.2) is 34.7 Å². The summed E-state index contributed by atoms with van der Waals surface area (Å²) < 4.78 is 5.44. The van der Waals surface area contributed by atoms with E-state index in [1.807, 2.05) is 30.3 Å². The predicted molar refractivity (Wildman–Crippen MR) is 55.4 cm³/mol. The van der Waals surface area contributed by atoms with Crippen molar-refractivity contribution in [1.82, 2.24) is 15.2 Å². The zero-order valence-electron chi connectivity index (χ0n) is 8.42. The van der Waals surface area contributed by atoms with Gasteiger partial charge in [-0.3, -0.25) is 5.84 Å². The maximum atomic E-state index is 5.48. The van der Waals surface area contributed by atoms with Crippen molar-refractivity contribution < 1.29 is 4.42 Å². The van der Waals surface area contributed by atoms with E-state index in [1.54, 1.807) is 7.05 Å². The van der Waals surface area contributed by atoms with Gasteiger partial charge in [0, 0.05) is 12.6 Å². The van der Waals surface area contributed by atoms with Crippen LogP contribution in [0.25, 0.3) is 11.5 Å². The normalized spacial score (nSPS) is 10.9. The van der Waals surface area contributed by atoms with Crippen LogP contribution < -0.4 is 5.84 Å². The van der Waals surface area contributed by atoms with E-state index >= 15 is 0 Å². The van der Waals surface area contributed by atoms with Crippen LogP contribution in [0, 0.1) is 0 Å². The Morgan fingerprint density at radius 3 is 2.67 bits per heavy atom. The molecule has 0 spiro atoms. The van der Waals surface area contributed by atoms with Crippen molar-refractivity contribution in [1.29, 1.82) is 0 Å². The van der Waals surface area contributed by atoms with Gasteiger partial charge in [0.2, 0.25) is 11.8 Å². The molecule has 0 aliphatic heterocycles. The Kier molecular flexibility index (Phi) is 2.75. The Morgan fingerprint density at radius 2 is 2.00 bits per heavy atom. The maximum absolute atomic E-state index is 5.48. The number of hydrogen-bond acceptors (Lipinski definition) is 5. The van der Waals surface area contributed by atoms with Gasteiger partial charge in [-0.2, -0.15) is 0 Å². The van der Waals surface area contributed by atoms with Gasteiger partial charge in [-0.05, 0) is 12.1 Å². The van der Waals surface area contributed by atoms with Gasteiger partial charge in [0.1, 0.15) is 0 Å². The van der Waals surface area contributed by atoms with Crippen LogP contribution >= 0.6 is 0 Å². The van der Waals surface area contributed by atoms with Gasteiger partial charge in [0.25, 0.3) is 0 Å². The first-order chi connectivity index (χ1) is 7.25. The first-order valence-corrected chi connectivity index (χ1v) is 4.59. The van der Waals surface area contributed by atoms with E-state index in [-0.39, 0.29) is 0 Å². The number of rotatable bonds is 3. The average Bonchev–Trinajstić information content (AvgIpc) is 2.67. The molecule has 0 unspecified atom stereocenters. The highest BCUT2D eigenvalue weighted by atomic mass is 16.4. The third kappa shape index (κ3) is 2.39. The fourth-order valence-electron chi connectivity index (χ4n) is 1.23. The van der Waals surface area contributed by atoms with Gasteiger partial charge < -0.3 is 4.42 Å². The molecule has 1 heterocycles. The fraction of sp³-hybridized carbons (Fsp3) is 0.200. The molecule has 1 aromatic heterocycles. The average molecular weight is 204 g/mol. The molecular weight excluding hydrogens is 192 g/mol. The zero-order chi connectivity index (χ0) is 10.7. The van der Waals surface area contributed by atoms with E-state index in [4.69, 9.17) is 10.3 Å². The molecule has 0 radical (unpaired) electrons. The largest absolute Gasteiger partial charge is 0.419 e. The van der Waals surface area contributed by atoms with Gasteiger partial charge in [-0.15, -0.1) is 10.2 Å². The van der Waals surface area contributed by atoms with E-state index in [9.17, 15) is 0 Å². The minimum atomic E-state index is 0.444. The molecule has 15 heavy (non-hydrogen) atoms. The second-order valence-corrected chi connectivity index (χ2v) is 3.28. The smallest absolute Gasteiger partial charge is 0.247 e. The summed E-state index contributed by atoms with van der Waals surface area (Å²) in [6, 6.07) is 9.63. The lowest BCUT2D eigenvalue weighted by molar-refractivity contribution is 0.300. The van der Waals surface area contributed by atoms with Crippen LogP contribution in [0.1, 0.15) is 5.89 Å². The zero-order valence-corrected chi connectivity index (χ0v) is 8.42. The van der Waals surface area contributed by atoms with Crippen molar-refractivity contribution >= 4 is 0 Å². The van der Waals surface area contributed by atoms with E-state index in [1.165, 1.54) is 5.01 Å². The number of aromatic nitrogens is 2. The third-order valence-electron chi connectivity index (χ3n) is 1.87. The van der Waals surface area contributed by atoms with Crippen molar-refractivity contribution in [3.05, 3.63) is 36.2 Å². The summed E-state index contributed by atoms with van der Waals surface area (Å²) in [6.07, 6.45) is 0. The first-order valence-electron chi connectivity index (χ1n) is 4.59. The highest BCUT2D eigenvalue weighted by Gasteiger charge is 2.08. The molecule has 5 nitrogen and oxygen atoms in total. The van der Waals surface area contributed by atoms with Gasteiger partial charge in [-0.25, -0.2) is 5.01 Å². The SMILES string of the molecule is CN(N)Cc1nnc(-c2ccccc2)o1. The Hall–Kier alpha value is -1.72. The summed E-state index contributed by atoms with van der Waals surface area (Å²) in [4.78, 5) is 0. The van der Waals surface area contributed by atoms with Gasteiger partial charge in [0.05, 0.1) is 6.54 Å². The summed E-state index contributed by atoms with van der Waals surface area (Å²) in [5.74, 6) is 6.51. The molecule has 2 N–H and O–H groups in total. The molecule has 0 saturated heterocycles. The highest BCUT2D eigenvalue weighted by molar-refractivity contribution is 5.51. The number of nitrogens with two attached hydrogens (primary N) is 1. The molecular formula is C10H12N4O. The molecule has 1 aromatic carbocycles. The van der Waals surface area contributed by atoms with Crippen LogP contribution in [0.4, 0.5) is 0 Å². The summed E-state index contributed by atoms with van der Waals surface area (Å²) in [5, 5.41) is 9.32. The Balaban J connectivity index is 2.21. The van der Waals surface area contributed by atoms with Gasteiger partial charge >= 0.3 is 0 Å². The van der Waals surface area contributed by atoms with E-state index < -0.39 is 0 Å². The Labute approximate surface area is 87.5 Å². The minimum Gasteiger partial charge on any atom is -0.419 e. The molecule has 0 aliphatic carbocycles. The lowest BCUT2D eigenvalue weighted by Crippen LogP contribution is -2.25. The standard InChI is InChI=1S/C10H12N4O/c1-14(11)7-9-12-13-10(15-9)8-5-3-2-4-6-8/h2-6H,7,11H2,1H3. The van der Waals surface area contributed by atoms with Crippen LogP contribution in [-0.2, 0) is 6.54 Å². The molecule has 5 heteroatoms. The van der Waals surface area contributed by atoms with Crippen molar-refractivity contribution in [2.45, 2.75) is 6.54 Å². The molecule has 2 aromatic rings. The Morgan fingerprint density at radius 1 is 1.27 bits per heavy atom. The first kappa shape index (κ1) is 9.82. The van der Waals surface area contributed by atoms with Crippen LogP contribution in [0.5, 0.6) is 0 Å². The molecule has 2 rings (SSSR count). The van der Waals surface area contributed by atoms with Crippen LogP contribution in [0.3, 0.4) is 0 Å². The lowest BCUT2D eigenvalue weighted by Gasteiger charge is -2.03. The monoisotopic (exact) mass is 204 g/mol. The van der Waals surface area contributed by atoms with Gasteiger partial charge in [0.15, 0.2) is 0 Å². The number of hydrogen-bond donors (Lipinski definition) is 1. The maximum Gasteiger partial charge on any atom is 0.247 e. The van der Waals surface area contributed by atoms with E-state index in [0.717, 1.165) is 5.56 Å². The predicted octanol–water partition coefficient (Wildman–Crippen LogP) is 1.04. The minimum absolute atomic E-state index is 0.444. The fourth-order valence-corrected chi connectivity index (χ4v) is 1.23. The van der Waals surface area contributed by atoms with Crippen molar-refractivity contribution in [3.63, 3.8) is 0 Å². The number of benzene rings is 1. The number of hydrazine groups is 1. The topological polar surface area (TPSA) is 68.2 Å². The van der Waals surface area contributed by atoms with Gasteiger partial charge in [-0.1, -0.05) is 18.2 Å². The summed E-state index contributed by atoms with van der Waals surface area (Å²) in [6.45, 7) is 0.444. The highest BCUT2D eigenvalue weighted by Crippen LogP contribution is 2.16. The molecule has 0 bridgehead atoms. The van der Waals surface area contributed by atoms with Crippen LogP contribution in [-0.4, -0.2) is 22.3 Å². The molecule has 0 amide bonds. The quantitative estimate of drug-likeness (QED) is 0.597. The van der Waals surface area contributed by atoms with Crippen molar-refractivity contribution in [2.24, 2.45) is 5.84 Å². The summed E-state index contributed by atoms with van der Waals surface area (Å²) >= 11 is 0. The van der Waals surface area contributed by atoms with E-state index in [2.05, 4.69) is 10.2 Å². The molecule has 0 atom stereocenters. The lowest BCUT2D eigenvalue weighted by atomic mass is 10.2. The van der Waals surface area contributed by atoms with Crippen LogP contribution in [0.2, 0.25) is 0 Å². The third-order valence-corrected chi connectivity index (χ3v) is 1.87. The molecule has 0 saturated carbocycles. The molecule has 0 aliphatic rings. The molecule has 0 fully saturated rings. The second-order valence-electron chi connectivity index (χ2n) is 3.28. The molecule has 78 valence electrons.